The number of rotatable bonds is 6. The summed E-state index contributed by atoms with van der Waals surface area (Å²) in [5.41, 5.74) is 4.77. The van der Waals surface area contributed by atoms with E-state index < -0.39 is 23.8 Å². The Morgan fingerprint density at radius 2 is 1.63 bits per heavy atom. The van der Waals surface area contributed by atoms with Crippen molar-refractivity contribution in [2.24, 2.45) is 0 Å². The van der Waals surface area contributed by atoms with Crippen LogP contribution in [0.2, 0.25) is 5.02 Å². The van der Waals surface area contributed by atoms with Crippen molar-refractivity contribution in [3.8, 4) is 5.75 Å². The second kappa shape index (κ2) is 9.76. The summed E-state index contributed by atoms with van der Waals surface area (Å²) in [4.78, 5) is 36.1. The molecule has 3 N–H and O–H groups in total. The van der Waals surface area contributed by atoms with Crippen molar-refractivity contribution in [3.63, 3.8) is 0 Å². The van der Waals surface area contributed by atoms with E-state index in [-0.39, 0.29) is 17.1 Å². The second-order valence-corrected chi connectivity index (χ2v) is 6.88. The monoisotopic (exact) mass is 425 g/mol. The number of hydrogen-bond acceptors (Lipinski definition) is 4. The van der Waals surface area contributed by atoms with Gasteiger partial charge < -0.3 is 10.1 Å². The van der Waals surface area contributed by atoms with Crippen LogP contribution in [0.3, 0.4) is 0 Å². The molecule has 0 bridgehead atoms. The fourth-order valence-electron chi connectivity index (χ4n) is 2.68. The Morgan fingerprint density at radius 3 is 2.40 bits per heavy atom. The standard InChI is InChI=1S/C22H20ClN3O4/c1-14(30-17-11-10-15-6-2-3-7-16(15)12-17)21(28)26-25-20(27)13-24-22(29)18-8-4-5-9-19(18)23/h2-12,14H,13H2,1H3,(H,24,29)(H,25,27)(H,26,28). The van der Waals surface area contributed by atoms with E-state index in [2.05, 4.69) is 16.2 Å². The van der Waals surface area contributed by atoms with E-state index in [4.69, 9.17) is 16.3 Å². The topological polar surface area (TPSA) is 96.5 Å². The number of halogens is 1. The smallest absolute Gasteiger partial charge is 0.279 e. The number of benzene rings is 3. The number of hydrogen-bond donors (Lipinski definition) is 3. The average Bonchev–Trinajstić information content (AvgIpc) is 2.76. The molecule has 0 radical (unpaired) electrons. The Hall–Kier alpha value is -3.58. The Balaban J connectivity index is 1.45. The van der Waals surface area contributed by atoms with E-state index in [1.54, 1.807) is 37.3 Å². The molecule has 0 saturated heterocycles. The molecule has 8 heteroatoms. The van der Waals surface area contributed by atoms with Crippen molar-refractivity contribution in [2.75, 3.05) is 6.54 Å². The molecule has 7 nitrogen and oxygen atoms in total. The van der Waals surface area contributed by atoms with E-state index in [0.717, 1.165) is 10.8 Å². The SMILES string of the molecule is CC(Oc1ccc2ccccc2c1)C(=O)NNC(=O)CNC(=O)c1ccccc1Cl. The van der Waals surface area contributed by atoms with Crippen LogP contribution in [-0.4, -0.2) is 30.4 Å². The van der Waals surface area contributed by atoms with Gasteiger partial charge >= 0.3 is 0 Å². The maximum atomic E-state index is 12.2. The van der Waals surface area contributed by atoms with Crippen molar-refractivity contribution in [1.82, 2.24) is 16.2 Å². The van der Waals surface area contributed by atoms with Crippen LogP contribution in [0.1, 0.15) is 17.3 Å². The quantitative estimate of drug-likeness (QED) is 0.529. The average molecular weight is 426 g/mol. The van der Waals surface area contributed by atoms with Gasteiger partial charge in [-0.05, 0) is 42.0 Å². The van der Waals surface area contributed by atoms with Gasteiger partial charge in [-0.1, -0.05) is 54.1 Å². The number of ether oxygens (including phenoxy) is 1. The first-order chi connectivity index (χ1) is 14.4. The van der Waals surface area contributed by atoms with Crippen LogP contribution in [0.25, 0.3) is 10.8 Å². The van der Waals surface area contributed by atoms with Gasteiger partial charge in [0.1, 0.15) is 5.75 Å². The van der Waals surface area contributed by atoms with Gasteiger partial charge in [-0.25, -0.2) is 0 Å². The first-order valence-corrected chi connectivity index (χ1v) is 9.59. The largest absolute Gasteiger partial charge is 0.481 e. The summed E-state index contributed by atoms with van der Waals surface area (Å²) in [6.45, 7) is 1.24. The number of fused-ring (bicyclic) bond motifs is 1. The van der Waals surface area contributed by atoms with Crippen LogP contribution in [0.4, 0.5) is 0 Å². The lowest BCUT2D eigenvalue weighted by molar-refractivity contribution is -0.132. The van der Waals surface area contributed by atoms with E-state index in [9.17, 15) is 14.4 Å². The van der Waals surface area contributed by atoms with E-state index in [1.165, 1.54) is 0 Å². The van der Waals surface area contributed by atoms with Gasteiger partial charge in [0.15, 0.2) is 6.10 Å². The molecule has 3 amide bonds. The molecule has 0 spiro atoms. The Morgan fingerprint density at radius 1 is 0.933 bits per heavy atom. The van der Waals surface area contributed by atoms with Crippen LogP contribution < -0.4 is 20.9 Å². The first kappa shape index (κ1) is 21.1. The molecule has 0 aliphatic carbocycles. The highest BCUT2D eigenvalue weighted by Gasteiger charge is 2.16. The fourth-order valence-corrected chi connectivity index (χ4v) is 2.90. The van der Waals surface area contributed by atoms with Crippen molar-refractivity contribution < 1.29 is 19.1 Å². The molecular weight excluding hydrogens is 406 g/mol. The Bertz CT molecular complexity index is 1090. The molecule has 0 fully saturated rings. The van der Waals surface area contributed by atoms with Crippen LogP contribution in [0.15, 0.2) is 66.7 Å². The van der Waals surface area contributed by atoms with E-state index in [0.29, 0.717) is 5.75 Å². The molecule has 0 aliphatic rings. The number of hydrazine groups is 1. The van der Waals surface area contributed by atoms with Gasteiger partial charge in [-0.2, -0.15) is 0 Å². The van der Waals surface area contributed by atoms with Crippen LogP contribution in [0.5, 0.6) is 5.75 Å². The van der Waals surface area contributed by atoms with Crippen molar-refractivity contribution >= 4 is 40.1 Å². The predicted molar refractivity (Wildman–Crippen MR) is 114 cm³/mol. The summed E-state index contributed by atoms with van der Waals surface area (Å²) in [7, 11) is 0. The minimum atomic E-state index is -0.843. The number of nitrogens with one attached hydrogen (secondary N) is 3. The van der Waals surface area contributed by atoms with Crippen molar-refractivity contribution in [2.45, 2.75) is 13.0 Å². The van der Waals surface area contributed by atoms with Crippen molar-refractivity contribution in [1.29, 1.82) is 0 Å². The summed E-state index contributed by atoms with van der Waals surface area (Å²) >= 11 is 5.94. The third-order valence-electron chi connectivity index (χ3n) is 4.26. The molecule has 30 heavy (non-hydrogen) atoms. The molecule has 3 aromatic rings. The minimum absolute atomic E-state index is 0.258. The molecule has 154 valence electrons. The zero-order chi connectivity index (χ0) is 21.5. The molecular formula is C22H20ClN3O4. The van der Waals surface area contributed by atoms with Gasteiger partial charge in [0.2, 0.25) is 0 Å². The zero-order valence-corrected chi connectivity index (χ0v) is 16.9. The number of amides is 3. The van der Waals surface area contributed by atoms with Gasteiger partial charge in [0.25, 0.3) is 17.7 Å². The van der Waals surface area contributed by atoms with Crippen LogP contribution in [-0.2, 0) is 9.59 Å². The molecule has 3 rings (SSSR count). The maximum absolute atomic E-state index is 12.2. The van der Waals surface area contributed by atoms with Gasteiger partial charge in [-0.3, -0.25) is 25.2 Å². The summed E-state index contributed by atoms with van der Waals surface area (Å²) in [6.07, 6.45) is -0.843. The lowest BCUT2D eigenvalue weighted by Crippen LogP contribution is -2.50. The maximum Gasteiger partial charge on any atom is 0.279 e. The summed E-state index contributed by atoms with van der Waals surface area (Å²) < 4.78 is 5.64. The molecule has 0 saturated carbocycles. The lowest BCUT2D eigenvalue weighted by Gasteiger charge is -2.15. The highest BCUT2D eigenvalue weighted by Crippen LogP contribution is 2.21. The van der Waals surface area contributed by atoms with Gasteiger partial charge in [0.05, 0.1) is 17.1 Å². The number of carbonyl (C=O) groups is 3. The second-order valence-electron chi connectivity index (χ2n) is 6.47. The zero-order valence-electron chi connectivity index (χ0n) is 16.1. The first-order valence-electron chi connectivity index (χ1n) is 9.21. The molecule has 1 unspecified atom stereocenters. The molecule has 3 aromatic carbocycles. The fraction of sp³-hybridized carbons (Fsp3) is 0.136. The van der Waals surface area contributed by atoms with Gasteiger partial charge in [-0.15, -0.1) is 0 Å². The van der Waals surface area contributed by atoms with Crippen molar-refractivity contribution in [3.05, 3.63) is 77.3 Å². The summed E-state index contributed by atoms with van der Waals surface area (Å²) in [5.74, 6) is -1.08. The number of carbonyl (C=O) groups excluding carboxylic acids is 3. The normalized spacial score (nSPS) is 11.4. The Kier molecular flexibility index (Phi) is 6.87. The van der Waals surface area contributed by atoms with Crippen LogP contribution >= 0.6 is 11.6 Å². The Labute approximate surface area is 178 Å². The third kappa shape index (κ3) is 5.48. The molecule has 0 aliphatic heterocycles. The summed E-state index contributed by atoms with van der Waals surface area (Å²) in [6, 6.07) is 19.8. The van der Waals surface area contributed by atoms with Crippen LogP contribution in [0, 0.1) is 0 Å². The highest BCUT2D eigenvalue weighted by atomic mass is 35.5. The third-order valence-corrected chi connectivity index (χ3v) is 4.59. The van der Waals surface area contributed by atoms with E-state index >= 15 is 0 Å². The van der Waals surface area contributed by atoms with E-state index in [1.807, 2.05) is 36.4 Å². The van der Waals surface area contributed by atoms with Gasteiger partial charge in [0, 0.05) is 0 Å². The predicted octanol–water partition coefficient (Wildman–Crippen LogP) is 2.84. The lowest BCUT2D eigenvalue weighted by atomic mass is 10.1. The molecule has 1 atom stereocenters. The molecule has 0 aromatic heterocycles. The molecule has 0 heterocycles. The highest BCUT2D eigenvalue weighted by molar-refractivity contribution is 6.33. The minimum Gasteiger partial charge on any atom is -0.481 e. The summed E-state index contributed by atoms with van der Waals surface area (Å²) in [5, 5.41) is 4.77.